The second-order valence-electron chi connectivity index (χ2n) is 3.33. The lowest BCUT2D eigenvalue weighted by atomic mass is 10.3. The van der Waals surface area contributed by atoms with Crippen LogP contribution in [-0.2, 0) is 6.61 Å². The van der Waals surface area contributed by atoms with E-state index in [9.17, 15) is 0 Å². The zero-order valence-corrected chi connectivity index (χ0v) is 9.07. The number of hydrogen-bond acceptors (Lipinski definition) is 3. The van der Waals surface area contributed by atoms with Gasteiger partial charge in [0.05, 0.1) is 13.2 Å². The number of hydrogen-bond donors (Lipinski definition) is 1. The number of pyridine rings is 1. The number of ether oxygens (including phenoxy) is 1. The number of unbranched alkanes of at least 4 members (excludes halogenated alkanes) is 1. The molecule has 0 aliphatic rings. The molecule has 0 fully saturated rings. The normalized spacial score (nSPS) is 10.0. The lowest BCUT2D eigenvalue weighted by Crippen LogP contribution is -2.02. The van der Waals surface area contributed by atoms with E-state index >= 15 is 0 Å². The smallest absolute Gasteiger partial charge is 0.143 e. The molecule has 0 saturated carbocycles. The van der Waals surface area contributed by atoms with Crippen LogP contribution in [0, 0.1) is 6.92 Å². The maximum absolute atomic E-state index is 9.09. The molecule has 1 aromatic rings. The molecule has 0 saturated heterocycles. The highest BCUT2D eigenvalue weighted by Gasteiger charge is 2.03. The minimum absolute atomic E-state index is 0.0848. The van der Waals surface area contributed by atoms with Crippen molar-refractivity contribution in [3.8, 4) is 5.75 Å². The van der Waals surface area contributed by atoms with Gasteiger partial charge in [0, 0.05) is 5.69 Å². The first kappa shape index (κ1) is 11.7. The van der Waals surface area contributed by atoms with Gasteiger partial charge in [0.2, 0.25) is 0 Å². The first-order valence-corrected chi connectivity index (χ1v) is 5.09. The highest BCUT2D eigenvalue weighted by atomic mass is 16.5. The van der Waals surface area contributed by atoms with Crippen LogP contribution in [0.25, 0.3) is 0 Å². The minimum Gasteiger partial charge on any atom is -0.492 e. The molecule has 0 bridgehead atoms. The minimum atomic E-state index is -0.0848. The van der Waals surface area contributed by atoms with Crippen molar-refractivity contribution < 1.29 is 9.84 Å². The Hall–Kier alpha value is -1.35. The highest BCUT2D eigenvalue weighted by molar-refractivity contribution is 5.28. The average molecular weight is 207 g/mol. The average Bonchev–Trinajstić information content (AvgIpc) is 2.26. The Labute approximate surface area is 90.4 Å². The quantitative estimate of drug-likeness (QED) is 0.574. The maximum Gasteiger partial charge on any atom is 0.143 e. The summed E-state index contributed by atoms with van der Waals surface area (Å²) in [5, 5.41) is 9.09. The first-order chi connectivity index (χ1) is 7.27. The molecule has 0 amide bonds. The molecule has 0 aliphatic heterocycles. The Bertz CT molecular complexity index is 323. The predicted octanol–water partition coefficient (Wildman–Crippen LogP) is 2.23. The van der Waals surface area contributed by atoms with Gasteiger partial charge in [-0.3, -0.25) is 4.98 Å². The van der Waals surface area contributed by atoms with Crippen molar-refractivity contribution >= 4 is 0 Å². The molecule has 82 valence electrons. The van der Waals surface area contributed by atoms with E-state index in [0.717, 1.165) is 18.5 Å². The maximum atomic E-state index is 9.09. The first-order valence-electron chi connectivity index (χ1n) is 5.09. The van der Waals surface area contributed by atoms with E-state index in [4.69, 9.17) is 9.84 Å². The topological polar surface area (TPSA) is 42.4 Å². The van der Waals surface area contributed by atoms with Gasteiger partial charge < -0.3 is 9.84 Å². The van der Waals surface area contributed by atoms with E-state index in [0.29, 0.717) is 18.1 Å². The molecule has 1 aromatic heterocycles. The molecular formula is C12H17NO2. The summed E-state index contributed by atoms with van der Waals surface area (Å²) in [6.07, 6.45) is 3.74. The standard InChI is InChI=1S/C12H17NO2/c1-3-4-5-8-15-12-7-6-10(2)13-11(12)9-14/h3,6-7,14H,1,4-5,8-9H2,2H3. The van der Waals surface area contributed by atoms with E-state index in [1.54, 1.807) is 0 Å². The molecule has 0 atom stereocenters. The Morgan fingerprint density at radius 2 is 2.33 bits per heavy atom. The van der Waals surface area contributed by atoms with Crippen LogP contribution in [0.2, 0.25) is 0 Å². The van der Waals surface area contributed by atoms with Crippen LogP contribution in [0.15, 0.2) is 24.8 Å². The third kappa shape index (κ3) is 3.72. The van der Waals surface area contributed by atoms with Crippen LogP contribution in [0.5, 0.6) is 5.75 Å². The molecule has 0 spiro atoms. The summed E-state index contributed by atoms with van der Waals surface area (Å²) in [6, 6.07) is 3.73. The van der Waals surface area contributed by atoms with E-state index in [1.165, 1.54) is 0 Å². The van der Waals surface area contributed by atoms with Gasteiger partial charge in [0.25, 0.3) is 0 Å². The van der Waals surface area contributed by atoms with Gasteiger partial charge >= 0.3 is 0 Å². The molecule has 0 radical (unpaired) electrons. The molecule has 0 aromatic carbocycles. The number of rotatable bonds is 6. The fourth-order valence-electron chi connectivity index (χ4n) is 1.25. The van der Waals surface area contributed by atoms with Crippen molar-refractivity contribution in [3.63, 3.8) is 0 Å². The van der Waals surface area contributed by atoms with Crippen LogP contribution >= 0.6 is 0 Å². The molecule has 1 rings (SSSR count). The summed E-state index contributed by atoms with van der Waals surface area (Å²) < 4.78 is 5.51. The van der Waals surface area contributed by atoms with Gasteiger partial charge in [-0.15, -0.1) is 6.58 Å². The fraction of sp³-hybridized carbons (Fsp3) is 0.417. The Morgan fingerprint density at radius 1 is 1.53 bits per heavy atom. The summed E-state index contributed by atoms with van der Waals surface area (Å²) in [4.78, 5) is 4.20. The third-order valence-corrected chi connectivity index (χ3v) is 2.03. The van der Waals surface area contributed by atoms with Crippen LogP contribution in [0.3, 0.4) is 0 Å². The van der Waals surface area contributed by atoms with Crippen molar-refractivity contribution in [2.75, 3.05) is 6.61 Å². The molecule has 15 heavy (non-hydrogen) atoms. The van der Waals surface area contributed by atoms with Gasteiger partial charge in [-0.2, -0.15) is 0 Å². The van der Waals surface area contributed by atoms with E-state index in [2.05, 4.69) is 11.6 Å². The number of allylic oxidation sites excluding steroid dienone is 1. The monoisotopic (exact) mass is 207 g/mol. The summed E-state index contributed by atoms with van der Waals surface area (Å²) >= 11 is 0. The number of aryl methyl sites for hydroxylation is 1. The van der Waals surface area contributed by atoms with E-state index < -0.39 is 0 Å². The second-order valence-corrected chi connectivity index (χ2v) is 3.33. The van der Waals surface area contributed by atoms with Gasteiger partial charge in [0.1, 0.15) is 11.4 Å². The van der Waals surface area contributed by atoms with Crippen LogP contribution < -0.4 is 4.74 Å². The zero-order chi connectivity index (χ0) is 11.1. The van der Waals surface area contributed by atoms with Crippen LogP contribution in [0.1, 0.15) is 24.2 Å². The van der Waals surface area contributed by atoms with E-state index in [-0.39, 0.29) is 6.61 Å². The highest BCUT2D eigenvalue weighted by Crippen LogP contribution is 2.17. The van der Waals surface area contributed by atoms with Crippen LogP contribution in [-0.4, -0.2) is 16.7 Å². The SMILES string of the molecule is C=CCCCOc1ccc(C)nc1CO. The van der Waals surface area contributed by atoms with Gasteiger partial charge in [-0.05, 0) is 31.9 Å². The lowest BCUT2D eigenvalue weighted by molar-refractivity contribution is 0.255. The van der Waals surface area contributed by atoms with E-state index in [1.807, 2.05) is 25.1 Å². The number of nitrogens with zero attached hydrogens (tertiary/aromatic N) is 1. The van der Waals surface area contributed by atoms with Crippen molar-refractivity contribution in [2.45, 2.75) is 26.4 Å². The summed E-state index contributed by atoms with van der Waals surface area (Å²) in [6.45, 7) is 6.08. The molecular weight excluding hydrogens is 190 g/mol. The third-order valence-electron chi connectivity index (χ3n) is 2.03. The summed E-state index contributed by atoms with van der Waals surface area (Å²) in [5.74, 6) is 0.673. The van der Waals surface area contributed by atoms with Crippen molar-refractivity contribution in [2.24, 2.45) is 0 Å². The number of aliphatic hydroxyl groups excluding tert-OH is 1. The molecule has 3 nitrogen and oxygen atoms in total. The van der Waals surface area contributed by atoms with Crippen LogP contribution in [0.4, 0.5) is 0 Å². The molecule has 3 heteroatoms. The molecule has 1 N–H and O–H groups in total. The summed E-state index contributed by atoms with van der Waals surface area (Å²) in [7, 11) is 0. The number of aliphatic hydroxyl groups is 1. The van der Waals surface area contributed by atoms with Gasteiger partial charge in [-0.1, -0.05) is 6.08 Å². The van der Waals surface area contributed by atoms with Crippen molar-refractivity contribution in [1.82, 2.24) is 4.98 Å². The Kier molecular flexibility index (Phi) is 4.84. The van der Waals surface area contributed by atoms with Crippen molar-refractivity contribution in [1.29, 1.82) is 0 Å². The largest absolute Gasteiger partial charge is 0.492 e. The molecule has 0 unspecified atom stereocenters. The van der Waals surface area contributed by atoms with Gasteiger partial charge in [0.15, 0.2) is 0 Å². The van der Waals surface area contributed by atoms with Crippen molar-refractivity contribution in [3.05, 3.63) is 36.2 Å². The predicted molar refractivity (Wildman–Crippen MR) is 59.8 cm³/mol. The number of aromatic nitrogens is 1. The van der Waals surface area contributed by atoms with Gasteiger partial charge in [-0.25, -0.2) is 0 Å². The molecule has 1 heterocycles. The second kappa shape index (κ2) is 6.19. The fourth-order valence-corrected chi connectivity index (χ4v) is 1.25. The Morgan fingerprint density at radius 3 is 3.00 bits per heavy atom. The molecule has 0 aliphatic carbocycles. The lowest BCUT2D eigenvalue weighted by Gasteiger charge is -2.09. The summed E-state index contributed by atoms with van der Waals surface area (Å²) in [5.41, 5.74) is 1.49. The Balaban J connectivity index is 2.55. The zero-order valence-electron chi connectivity index (χ0n) is 9.07.